The van der Waals surface area contributed by atoms with E-state index in [1.54, 1.807) is 19.4 Å². The molecule has 4 aromatic rings. The zero-order valence-corrected chi connectivity index (χ0v) is 19.6. The number of ether oxygens (including phenoxy) is 1. The number of benzene rings is 3. The van der Waals surface area contributed by atoms with Gasteiger partial charge in [-0.05, 0) is 57.9 Å². The molecule has 166 valence electrons. The van der Waals surface area contributed by atoms with Crippen molar-refractivity contribution < 1.29 is 14.1 Å². The third kappa shape index (κ3) is 3.59. The van der Waals surface area contributed by atoms with Crippen LogP contribution in [0.1, 0.15) is 22.7 Å². The maximum Gasteiger partial charge on any atom is 0.276 e. The van der Waals surface area contributed by atoms with E-state index in [1.165, 1.54) is 24.3 Å². The molecule has 0 radical (unpaired) electrons. The van der Waals surface area contributed by atoms with Gasteiger partial charge < -0.3 is 9.64 Å². The summed E-state index contributed by atoms with van der Waals surface area (Å²) in [6.07, 6.45) is 1.66. The summed E-state index contributed by atoms with van der Waals surface area (Å²) in [6, 6.07) is 14.2. The summed E-state index contributed by atoms with van der Waals surface area (Å²) in [6.45, 7) is 0.372. The van der Waals surface area contributed by atoms with E-state index in [2.05, 4.69) is 20.9 Å². The molecule has 0 saturated heterocycles. The molecule has 1 atom stereocenters. The highest BCUT2D eigenvalue weighted by atomic mass is 79.9. The number of nitro groups is 1. The molecular formula is C24H16BrClFN3O3. The van der Waals surface area contributed by atoms with E-state index >= 15 is 0 Å². The minimum absolute atomic E-state index is 0.0776. The SMILES string of the molecule is COc1ccc(CN2c3nccc4c(Br)cc([N+](=O)[O-])c(c34)C2c2cc(F)ccc2Cl)cc1. The minimum atomic E-state index is -0.698. The van der Waals surface area contributed by atoms with Crippen LogP contribution in [0.2, 0.25) is 5.02 Å². The fourth-order valence-electron chi connectivity index (χ4n) is 4.38. The number of hydrogen-bond acceptors (Lipinski definition) is 5. The molecule has 6 nitrogen and oxygen atoms in total. The van der Waals surface area contributed by atoms with Gasteiger partial charge in [0.2, 0.25) is 0 Å². The van der Waals surface area contributed by atoms with Crippen molar-refractivity contribution in [3.05, 3.63) is 103 Å². The van der Waals surface area contributed by atoms with Gasteiger partial charge in [-0.1, -0.05) is 23.7 Å². The van der Waals surface area contributed by atoms with Crippen molar-refractivity contribution in [3.8, 4) is 5.75 Å². The van der Waals surface area contributed by atoms with E-state index in [0.29, 0.717) is 44.1 Å². The van der Waals surface area contributed by atoms with Gasteiger partial charge in [0.25, 0.3) is 5.69 Å². The van der Waals surface area contributed by atoms with Crippen LogP contribution in [-0.4, -0.2) is 17.0 Å². The molecule has 1 aromatic heterocycles. The second kappa shape index (κ2) is 8.28. The number of anilines is 1. The zero-order chi connectivity index (χ0) is 23.3. The normalized spacial score (nSPS) is 14.7. The van der Waals surface area contributed by atoms with E-state index < -0.39 is 16.8 Å². The number of nitro benzene ring substituents is 1. The fraction of sp³-hybridized carbons (Fsp3) is 0.125. The van der Waals surface area contributed by atoms with Gasteiger partial charge in [-0.2, -0.15) is 0 Å². The van der Waals surface area contributed by atoms with Crippen molar-refractivity contribution in [1.29, 1.82) is 0 Å². The third-order valence-electron chi connectivity index (χ3n) is 5.82. The Hall–Kier alpha value is -3.23. The lowest BCUT2D eigenvalue weighted by molar-refractivity contribution is -0.385. The Bertz CT molecular complexity index is 1410. The Morgan fingerprint density at radius 1 is 1.21 bits per heavy atom. The van der Waals surface area contributed by atoms with Crippen LogP contribution in [0.15, 0.2) is 65.3 Å². The van der Waals surface area contributed by atoms with Crippen LogP contribution >= 0.6 is 27.5 Å². The molecule has 1 aliphatic heterocycles. The van der Waals surface area contributed by atoms with E-state index in [4.69, 9.17) is 16.3 Å². The lowest BCUT2D eigenvalue weighted by Crippen LogP contribution is -2.26. The monoisotopic (exact) mass is 527 g/mol. The molecule has 0 aliphatic carbocycles. The second-order valence-electron chi connectivity index (χ2n) is 7.65. The van der Waals surface area contributed by atoms with Crippen LogP contribution in [0.4, 0.5) is 15.9 Å². The lowest BCUT2D eigenvalue weighted by Gasteiger charge is -2.28. The van der Waals surface area contributed by atoms with Gasteiger partial charge in [0, 0.05) is 44.6 Å². The van der Waals surface area contributed by atoms with Gasteiger partial charge >= 0.3 is 0 Å². The average Bonchev–Trinajstić information content (AvgIpc) is 3.12. The second-order valence-corrected chi connectivity index (χ2v) is 8.91. The Morgan fingerprint density at radius 2 is 1.97 bits per heavy atom. The molecule has 0 spiro atoms. The lowest BCUT2D eigenvalue weighted by atomic mass is 9.95. The van der Waals surface area contributed by atoms with Gasteiger partial charge in [-0.25, -0.2) is 9.37 Å². The van der Waals surface area contributed by atoms with E-state index in [0.717, 1.165) is 10.9 Å². The first-order valence-corrected chi connectivity index (χ1v) is 11.2. The predicted molar refractivity (Wildman–Crippen MR) is 129 cm³/mol. The predicted octanol–water partition coefficient (Wildman–Crippen LogP) is 6.82. The zero-order valence-electron chi connectivity index (χ0n) is 17.3. The van der Waals surface area contributed by atoms with Crippen molar-refractivity contribution in [2.24, 2.45) is 0 Å². The van der Waals surface area contributed by atoms with Crippen molar-refractivity contribution >= 4 is 49.8 Å². The van der Waals surface area contributed by atoms with Gasteiger partial charge in [0.1, 0.15) is 17.4 Å². The molecule has 0 saturated carbocycles. The van der Waals surface area contributed by atoms with Crippen LogP contribution < -0.4 is 9.64 Å². The summed E-state index contributed by atoms with van der Waals surface area (Å²) in [5.74, 6) is 0.819. The molecule has 5 rings (SSSR count). The third-order valence-corrected chi connectivity index (χ3v) is 6.82. The molecule has 0 amide bonds. The Morgan fingerprint density at radius 3 is 2.67 bits per heavy atom. The first-order chi connectivity index (χ1) is 15.9. The number of methoxy groups -OCH3 is 1. The average molecular weight is 529 g/mol. The number of aromatic nitrogens is 1. The summed E-state index contributed by atoms with van der Waals surface area (Å²) in [5, 5.41) is 13.8. The number of rotatable bonds is 5. The number of pyridine rings is 1. The largest absolute Gasteiger partial charge is 0.497 e. The van der Waals surface area contributed by atoms with Crippen LogP contribution in [0.3, 0.4) is 0 Å². The summed E-state index contributed by atoms with van der Waals surface area (Å²) in [7, 11) is 1.59. The smallest absolute Gasteiger partial charge is 0.276 e. The maximum atomic E-state index is 14.3. The first-order valence-electron chi connectivity index (χ1n) is 9.99. The van der Waals surface area contributed by atoms with Crippen molar-refractivity contribution in [3.63, 3.8) is 0 Å². The molecule has 9 heteroatoms. The molecule has 33 heavy (non-hydrogen) atoms. The van der Waals surface area contributed by atoms with Gasteiger partial charge in [-0.3, -0.25) is 10.1 Å². The first kappa shape index (κ1) is 21.6. The molecule has 1 aliphatic rings. The van der Waals surface area contributed by atoms with Gasteiger partial charge in [-0.15, -0.1) is 0 Å². The van der Waals surface area contributed by atoms with E-state index in [1.807, 2.05) is 29.2 Å². The Balaban J connectivity index is 1.78. The standard InChI is InChI=1S/C24H16BrClFN3O3/c1-33-15-5-2-13(3-6-15)12-29-23(17-10-14(27)4-7-19(17)26)22-20(30(31)32)11-18(25)16-8-9-28-24(29)21(16)22/h2-11,23H,12H2,1H3. The Labute approximate surface area is 201 Å². The van der Waals surface area contributed by atoms with Crippen LogP contribution in [-0.2, 0) is 6.54 Å². The molecule has 0 fully saturated rings. The summed E-state index contributed by atoms with van der Waals surface area (Å²) in [4.78, 5) is 18.2. The number of nitrogens with zero attached hydrogens (tertiary/aromatic N) is 3. The molecule has 0 N–H and O–H groups in total. The summed E-state index contributed by atoms with van der Waals surface area (Å²) in [5.41, 5.74) is 1.74. The van der Waals surface area contributed by atoms with Crippen molar-refractivity contribution in [2.75, 3.05) is 12.0 Å². The van der Waals surface area contributed by atoms with E-state index in [-0.39, 0.29) is 5.69 Å². The fourth-order valence-corrected chi connectivity index (χ4v) is 5.15. The molecule has 3 aromatic carbocycles. The van der Waals surface area contributed by atoms with Gasteiger partial charge in [0.05, 0.1) is 23.6 Å². The minimum Gasteiger partial charge on any atom is -0.497 e. The van der Waals surface area contributed by atoms with Crippen LogP contribution in [0, 0.1) is 15.9 Å². The number of halogens is 3. The van der Waals surface area contributed by atoms with Crippen LogP contribution in [0.5, 0.6) is 5.75 Å². The molecule has 2 heterocycles. The highest BCUT2D eigenvalue weighted by Crippen LogP contribution is 2.53. The maximum absolute atomic E-state index is 14.3. The molecule has 1 unspecified atom stereocenters. The quantitative estimate of drug-likeness (QED) is 0.210. The van der Waals surface area contributed by atoms with Crippen molar-refractivity contribution in [2.45, 2.75) is 12.6 Å². The number of hydrogen-bond donors (Lipinski definition) is 0. The van der Waals surface area contributed by atoms with E-state index in [9.17, 15) is 14.5 Å². The summed E-state index contributed by atoms with van der Waals surface area (Å²) < 4.78 is 20.2. The highest BCUT2D eigenvalue weighted by Gasteiger charge is 2.41. The van der Waals surface area contributed by atoms with Crippen LogP contribution in [0.25, 0.3) is 10.8 Å². The molecule has 0 bridgehead atoms. The van der Waals surface area contributed by atoms with Crippen molar-refractivity contribution in [1.82, 2.24) is 4.98 Å². The molecular weight excluding hydrogens is 513 g/mol. The topological polar surface area (TPSA) is 68.5 Å². The Kier molecular flexibility index (Phi) is 5.42. The highest BCUT2D eigenvalue weighted by molar-refractivity contribution is 9.10. The van der Waals surface area contributed by atoms with Gasteiger partial charge in [0.15, 0.2) is 0 Å². The summed E-state index contributed by atoms with van der Waals surface area (Å²) >= 11 is 9.98.